The summed E-state index contributed by atoms with van der Waals surface area (Å²) in [5.74, 6) is 0. The molecule has 0 amide bonds. The summed E-state index contributed by atoms with van der Waals surface area (Å²) in [7, 11) is -4.04. The molecule has 1 aromatic carbocycles. The minimum atomic E-state index is -4.04. The van der Waals surface area contributed by atoms with E-state index in [0.717, 1.165) is 25.9 Å². The van der Waals surface area contributed by atoms with Gasteiger partial charge in [-0.05, 0) is 44.2 Å². The Bertz CT molecular complexity index is 1450. The van der Waals surface area contributed by atoms with Crippen molar-refractivity contribution in [3.05, 3.63) is 23.3 Å². The van der Waals surface area contributed by atoms with Gasteiger partial charge in [-0.15, -0.1) is 10.2 Å². The number of fused-ring (bicyclic) bond motifs is 1. The number of nitriles is 1. The highest BCUT2D eigenvalue weighted by atomic mass is 32.2. The van der Waals surface area contributed by atoms with E-state index >= 15 is 0 Å². The van der Waals surface area contributed by atoms with Gasteiger partial charge in [0, 0.05) is 24.2 Å². The van der Waals surface area contributed by atoms with Crippen molar-refractivity contribution in [2.75, 3.05) is 24.6 Å². The Hall–Kier alpha value is -2.73. The van der Waals surface area contributed by atoms with Crippen molar-refractivity contribution in [3.8, 4) is 11.2 Å². The van der Waals surface area contributed by atoms with Crippen LogP contribution >= 0.6 is 11.3 Å². The average Bonchev–Trinajstić information content (AvgIpc) is 3.21. The molecule has 4 heterocycles. The van der Waals surface area contributed by atoms with E-state index < -0.39 is 27.0 Å². The first-order valence-electron chi connectivity index (χ1n) is 11.2. The third-order valence-corrected chi connectivity index (χ3v) is 9.45. The summed E-state index contributed by atoms with van der Waals surface area (Å²) in [5, 5.41) is 21.4. The molecule has 0 atom stereocenters. The molecule has 2 saturated heterocycles. The van der Waals surface area contributed by atoms with E-state index in [0.29, 0.717) is 53.9 Å². The lowest BCUT2D eigenvalue weighted by Crippen LogP contribution is -2.52. The lowest BCUT2D eigenvalue weighted by molar-refractivity contribution is -0.158. The third-order valence-electron chi connectivity index (χ3n) is 7.02. The van der Waals surface area contributed by atoms with Gasteiger partial charge in [-0.1, -0.05) is 11.3 Å². The minimum Gasteiger partial charge on any atom is -0.375 e. The number of alkyl halides is 2. The SMILES string of the molecule is N#CC1(NS(=O)(=O)c2cc(N3CCC4(CCO4)CC3)c3cnn(-c4nnc(C(F)F)s4)c3c2)CC1. The summed E-state index contributed by atoms with van der Waals surface area (Å²) in [6.45, 7) is 2.11. The van der Waals surface area contributed by atoms with E-state index in [4.69, 9.17) is 4.74 Å². The number of nitrogens with zero attached hydrogens (tertiary/aromatic N) is 6. The van der Waals surface area contributed by atoms with Gasteiger partial charge in [0.2, 0.25) is 15.2 Å². The van der Waals surface area contributed by atoms with Gasteiger partial charge in [0.1, 0.15) is 5.54 Å². The summed E-state index contributed by atoms with van der Waals surface area (Å²) < 4.78 is 62.5. The van der Waals surface area contributed by atoms with Gasteiger partial charge in [0.05, 0.1) is 34.9 Å². The monoisotopic (exact) mass is 521 g/mol. The number of sulfonamides is 1. The Morgan fingerprint density at radius 3 is 2.49 bits per heavy atom. The van der Waals surface area contributed by atoms with E-state index in [-0.39, 0.29) is 15.6 Å². The average molecular weight is 522 g/mol. The number of hydrogen-bond donors (Lipinski definition) is 1. The number of ether oxygens (including phenoxy) is 1. The van der Waals surface area contributed by atoms with Gasteiger partial charge in [-0.2, -0.15) is 15.1 Å². The summed E-state index contributed by atoms with van der Waals surface area (Å²) >= 11 is 0.692. The zero-order valence-electron chi connectivity index (χ0n) is 18.4. The molecule has 2 aromatic heterocycles. The fraction of sp³-hybridized carbons (Fsp3) is 0.524. The first kappa shape index (κ1) is 22.7. The van der Waals surface area contributed by atoms with Crippen LogP contribution in [-0.2, 0) is 14.8 Å². The molecule has 14 heteroatoms. The number of nitrogens with one attached hydrogen (secondary N) is 1. The second-order valence-electron chi connectivity index (χ2n) is 9.22. The highest BCUT2D eigenvalue weighted by Gasteiger charge is 2.47. The second kappa shape index (κ2) is 7.89. The Labute approximate surface area is 203 Å². The van der Waals surface area contributed by atoms with Crippen molar-refractivity contribution < 1.29 is 21.9 Å². The molecule has 6 rings (SSSR count). The molecule has 3 fully saturated rings. The highest BCUT2D eigenvalue weighted by molar-refractivity contribution is 7.89. The Kier molecular flexibility index (Phi) is 5.12. The minimum absolute atomic E-state index is 0.0259. The van der Waals surface area contributed by atoms with Crippen LogP contribution in [0, 0.1) is 11.3 Å². The van der Waals surface area contributed by atoms with Crippen molar-refractivity contribution in [1.29, 1.82) is 5.26 Å². The first-order chi connectivity index (χ1) is 16.7. The molecule has 1 aliphatic carbocycles. The molecule has 3 aliphatic rings. The number of aromatic nitrogens is 4. The number of rotatable bonds is 6. The molecular formula is C21H21F2N7O3S2. The van der Waals surface area contributed by atoms with Crippen LogP contribution in [-0.4, -0.2) is 59.2 Å². The maximum atomic E-state index is 13.3. The smallest absolute Gasteiger partial charge is 0.291 e. The standard InChI is InChI=1S/C21H21F2N7O3S2/c22-17(23)18-26-27-19(34-18)30-16-10-13(35(31,32)28-20(12-24)1-2-20)9-15(14(16)11-25-30)29-6-3-21(4-7-29)5-8-33-21/h9-11,17,28H,1-8H2. The summed E-state index contributed by atoms with van der Waals surface area (Å²) in [5.41, 5.74) is -0.0990. The van der Waals surface area contributed by atoms with E-state index in [1.54, 1.807) is 12.3 Å². The normalized spacial score (nSPS) is 20.8. The predicted molar refractivity (Wildman–Crippen MR) is 122 cm³/mol. The van der Waals surface area contributed by atoms with Crippen LogP contribution < -0.4 is 9.62 Å². The maximum absolute atomic E-state index is 13.3. The lowest BCUT2D eigenvalue weighted by Gasteiger charge is -2.48. The number of hydrogen-bond acceptors (Lipinski definition) is 9. The first-order valence-corrected chi connectivity index (χ1v) is 13.5. The molecule has 35 heavy (non-hydrogen) atoms. The van der Waals surface area contributed by atoms with Crippen molar-refractivity contribution in [1.82, 2.24) is 24.7 Å². The highest BCUT2D eigenvalue weighted by Crippen LogP contribution is 2.41. The molecule has 184 valence electrons. The van der Waals surface area contributed by atoms with Crippen LogP contribution in [0.3, 0.4) is 0 Å². The van der Waals surface area contributed by atoms with Crippen LogP contribution in [0.2, 0.25) is 0 Å². The van der Waals surface area contributed by atoms with Crippen molar-refractivity contribution in [3.63, 3.8) is 0 Å². The van der Waals surface area contributed by atoms with E-state index in [1.807, 2.05) is 6.07 Å². The number of halogens is 2. The molecule has 0 radical (unpaired) electrons. The Balaban J connectivity index is 1.45. The summed E-state index contributed by atoms with van der Waals surface area (Å²) in [6.07, 6.45) is 2.38. The van der Waals surface area contributed by atoms with Crippen LogP contribution in [0.5, 0.6) is 0 Å². The topological polar surface area (TPSA) is 126 Å². The van der Waals surface area contributed by atoms with Gasteiger partial charge in [0.25, 0.3) is 6.43 Å². The fourth-order valence-electron chi connectivity index (χ4n) is 4.67. The van der Waals surface area contributed by atoms with Crippen LogP contribution in [0.4, 0.5) is 14.5 Å². The van der Waals surface area contributed by atoms with Crippen LogP contribution in [0.25, 0.3) is 16.0 Å². The molecule has 1 N–H and O–H groups in total. The van der Waals surface area contributed by atoms with E-state index in [2.05, 4.69) is 24.9 Å². The summed E-state index contributed by atoms with van der Waals surface area (Å²) in [4.78, 5) is 2.07. The molecule has 1 saturated carbocycles. The summed E-state index contributed by atoms with van der Waals surface area (Å²) in [6, 6.07) is 5.07. The van der Waals surface area contributed by atoms with Crippen molar-refractivity contribution >= 4 is 38.0 Å². The van der Waals surface area contributed by atoms with Gasteiger partial charge in [-0.25, -0.2) is 21.9 Å². The zero-order chi connectivity index (χ0) is 24.4. The van der Waals surface area contributed by atoms with Crippen molar-refractivity contribution in [2.45, 2.75) is 54.6 Å². The molecule has 0 bridgehead atoms. The van der Waals surface area contributed by atoms with Gasteiger partial charge in [-0.3, -0.25) is 0 Å². The quantitative estimate of drug-likeness (QED) is 0.525. The van der Waals surface area contributed by atoms with Crippen LogP contribution in [0.15, 0.2) is 23.2 Å². The van der Waals surface area contributed by atoms with Gasteiger partial charge in [0.15, 0.2) is 5.01 Å². The van der Waals surface area contributed by atoms with Gasteiger partial charge < -0.3 is 9.64 Å². The third kappa shape index (κ3) is 3.86. The maximum Gasteiger partial charge on any atom is 0.291 e. The lowest BCUT2D eigenvalue weighted by atomic mass is 9.84. The number of benzene rings is 1. The molecule has 3 aromatic rings. The van der Waals surface area contributed by atoms with E-state index in [9.17, 15) is 22.5 Å². The Morgan fingerprint density at radius 1 is 1.17 bits per heavy atom. The fourth-order valence-corrected chi connectivity index (χ4v) is 6.76. The zero-order valence-corrected chi connectivity index (χ0v) is 20.1. The Morgan fingerprint density at radius 2 is 1.91 bits per heavy atom. The second-order valence-corrected chi connectivity index (χ2v) is 11.9. The van der Waals surface area contributed by atoms with E-state index in [1.165, 1.54) is 10.7 Å². The largest absolute Gasteiger partial charge is 0.375 e. The predicted octanol–water partition coefficient (Wildman–Crippen LogP) is 2.91. The number of anilines is 1. The van der Waals surface area contributed by atoms with Crippen molar-refractivity contribution in [2.24, 2.45) is 0 Å². The molecule has 2 aliphatic heterocycles. The van der Waals surface area contributed by atoms with Crippen LogP contribution in [0.1, 0.15) is 43.5 Å². The molecule has 1 spiro atoms. The number of piperidine rings is 1. The molecule has 0 unspecified atom stereocenters. The van der Waals surface area contributed by atoms with Gasteiger partial charge >= 0.3 is 0 Å². The molecule has 10 nitrogen and oxygen atoms in total. The molecular weight excluding hydrogens is 500 g/mol.